The molecule has 0 bridgehead atoms. The molecule has 0 spiro atoms. The third-order valence-corrected chi connectivity index (χ3v) is 5.32. The van der Waals surface area contributed by atoms with Crippen LogP contribution in [-0.2, 0) is 14.8 Å². The minimum absolute atomic E-state index is 0.0281. The molecule has 22 heavy (non-hydrogen) atoms. The van der Waals surface area contributed by atoms with Crippen molar-refractivity contribution >= 4 is 21.7 Å². The molecule has 1 N–H and O–H groups in total. The second kappa shape index (κ2) is 7.57. The van der Waals surface area contributed by atoms with Crippen LogP contribution in [0.2, 0.25) is 0 Å². The van der Waals surface area contributed by atoms with Gasteiger partial charge in [-0.15, -0.1) is 0 Å². The molecule has 7 nitrogen and oxygen atoms in total. The Labute approximate surface area is 130 Å². The topological polar surface area (TPSA) is 79.0 Å². The summed E-state index contributed by atoms with van der Waals surface area (Å²) in [5.74, 6) is -0.0281. The number of urea groups is 1. The van der Waals surface area contributed by atoms with Crippen molar-refractivity contribution in [3.8, 4) is 0 Å². The molecular formula is C14H21N3O4S. The van der Waals surface area contributed by atoms with E-state index in [4.69, 9.17) is 4.74 Å². The summed E-state index contributed by atoms with van der Waals surface area (Å²) in [4.78, 5) is 13.7. The molecular weight excluding hydrogens is 306 g/mol. The Kier molecular flexibility index (Phi) is 5.76. The van der Waals surface area contributed by atoms with Crippen molar-refractivity contribution in [1.29, 1.82) is 0 Å². The highest BCUT2D eigenvalue weighted by molar-refractivity contribution is 7.89. The minimum atomic E-state index is -3.30. The minimum Gasteiger partial charge on any atom is -0.384 e. The summed E-state index contributed by atoms with van der Waals surface area (Å²) in [7, 11) is -1.83. The highest BCUT2D eigenvalue weighted by Gasteiger charge is 2.28. The first-order valence-electron chi connectivity index (χ1n) is 7.10. The van der Waals surface area contributed by atoms with Gasteiger partial charge in [-0.2, -0.15) is 4.31 Å². The van der Waals surface area contributed by atoms with Crippen molar-refractivity contribution in [2.75, 3.05) is 51.0 Å². The van der Waals surface area contributed by atoms with Gasteiger partial charge in [0.05, 0.1) is 12.4 Å². The maximum atomic E-state index is 12.1. The molecule has 1 heterocycles. The number of carbonyl (C=O) groups excluding carboxylic acids is 1. The lowest BCUT2D eigenvalue weighted by Crippen LogP contribution is -2.52. The maximum Gasteiger partial charge on any atom is 0.321 e. The van der Waals surface area contributed by atoms with E-state index < -0.39 is 10.0 Å². The lowest BCUT2D eigenvalue weighted by Gasteiger charge is -2.33. The molecule has 1 aliphatic heterocycles. The van der Waals surface area contributed by atoms with Crippen molar-refractivity contribution in [3.63, 3.8) is 0 Å². The maximum absolute atomic E-state index is 12.1. The lowest BCUT2D eigenvalue weighted by molar-refractivity contribution is 0.182. The van der Waals surface area contributed by atoms with E-state index in [9.17, 15) is 13.2 Å². The Balaban J connectivity index is 1.85. The number of para-hydroxylation sites is 1. The standard InChI is InChI=1S/C14H21N3O4S/c1-21-11-12-22(19,20)17-9-7-16(8-10-17)14(18)15-13-5-3-2-4-6-13/h2-6H,7-12H2,1H3,(H,15,18). The van der Waals surface area contributed by atoms with Crippen molar-refractivity contribution in [2.45, 2.75) is 0 Å². The fraction of sp³-hybridized carbons (Fsp3) is 0.500. The predicted molar refractivity (Wildman–Crippen MR) is 84.3 cm³/mol. The average Bonchev–Trinajstić information content (AvgIpc) is 2.54. The highest BCUT2D eigenvalue weighted by Crippen LogP contribution is 2.11. The zero-order valence-corrected chi connectivity index (χ0v) is 13.4. The molecule has 0 aromatic heterocycles. The Morgan fingerprint density at radius 1 is 1.18 bits per heavy atom. The van der Waals surface area contributed by atoms with E-state index in [1.54, 1.807) is 4.90 Å². The fourth-order valence-electron chi connectivity index (χ4n) is 2.21. The molecule has 2 amide bonds. The monoisotopic (exact) mass is 327 g/mol. The molecule has 1 aliphatic rings. The number of benzene rings is 1. The normalized spacial score (nSPS) is 16.5. The van der Waals surface area contributed by atoms with E-state index in [0.717, 1.165) is 5.69 Å². The molecule has 0 aliphatic carbocycles. The number of carbonyl (C=O) groups is 1. The van der Waals surface area contributed by atoms with Gasteiger partial charge in [-0.1, -0.05) is 18.2 Å². The van der Waals surface area contributed by atoms with E-state index in [0.29, 0.717) is 26.2 Å². The van der Waals surface area contributed by atoms with Crippen LogP contribution in [0.15, 0.2) is 30.3 Å². The van der Waals surface area contributed by atoms with E-state index in [1.165, 1.54) is 11.4 Å². The molecule has 0 unspecified atom stereocenters. The molecule has 0 radical (unpaired) electrons. The number of rotatable bonds is 5. The number of piperazine rings is 1. The summed E-state index contributed by atoms with van der Waals surface area (Å²) in [6.07, 6.45) is 0. The van der Waals surface area contributed by atoms with Crippen LogP contribution in [0.25, 0.3) is 0 Å². The van der Waals surface area contributed by atoms with Crippen LogP contribution in [0.1, 0.15) is 0 Å². The molecule has 1 saturated heterocycles. The molecule has 2 rings (SSSR count). The number of nitrogens with zero attached hydrogens (tertiary/aromatic N) is 2. The van der Waals surface area contributed by atoms with Crippen LogP contribution in [0.5, 0.6) is 0 Å². The summed E-state index contributed by atoms with van der Waals surface area (Å²) in [5, 5.41) is 2.80. The lowest BCUT2D eigenvalue weighted by atomic mass is 10.3. The van der Waals surface area contributed by atoms with Crippen LogP contribution in [-0.4, -0.2) is 69.3 Å². The smallest absolute Gasteiger partial charge is 0.321 e. The average molecular weight is 327 g/mol. The molecule has 122 valence electrons. The number of nitrogens with one attached hydrogen (secondary N) is 1. The number of hydrogen-bond donors (Lipinski definition) is 1. The summed E-state index contributed by atoms with van der Waals surface area (Å²) in [6, 6.07) is 8.97. The Morgan fingerprint density at radius 2 is 1.82 bits per heavy atom. The first kappa shape index (κ1) is 16.7. The number of hydrogen-bond acceptors (Lipinski definition) is 4. The van der Waals surface area contributed by atoms with Crippen LogP contribution in [0.4, 0.5) is 10.5 Å². The zero-order valence-electron chi connectivity index (χ0n) is 12.6. The molecule has 1 aromatic carbocycles. The van der Waals surface area contributed by atoms with E-state index in [2.05, 4.69) is 5.32 Å². The number of sulfonamides is 1. The third kappa shape index (κ3) is 4.43. The van der Waals surface area contributed by atoms with Gasteiger partial charge in [0, 0.05) is 39.0 Å². The quantitative estimate of drug-likeness (QED) is 0.868. The van der Waals surface area contributed by atoms with Gasteiger partial charge in [-0.25, -0.2) is 13.2 Å². The van der Waals surface area contributed by atoms with Gasteiger partial charge in [0.25, 0.3) is 0 Å². The van der Waals surface area contributed by atoms with E-state index in [-0.39, 0.29) is 18.4 Å². The SMILES string of the molecule is COCCS(=O)(=O)N1CCN(C(=O)Nc2ccccc2)CC1. The summed E-state index contributed by atoms with van der Waals surface area (Å²) < 4.78 is 30.3. The predicted octanol–water partition coefficient (Wildman–Crippen LogP) is 0.812. The van der Waals surface area contributed by atoms with Gasteiger partial charge in [-0.05, 0) is 12.1 Å². The largest absolute Gasteiger partial charge is 0.384 e. The van der Waals surface area contributed by atoms with Gasteiger partial charge < -0.3 is 15.0 Å². The molecule has 1 aromatic rings. The van der Waals surface area contributed by atoms with Crippen LogP contribution < -0.4 is 5.32 Å². The zero-order chi connectivity index (χ0) is 16.0. The van der Waals surface area contributed by atoms with Crippen LogP contribution in [0.3, 0.4) is 0 Å². The van der Waals surface area contributed by atoms with Gasteiger partial charge in [0.1, 0.15) is 0 Å². The summed E-state index contributed by atoms with van der Waals surface area (Å²) in [6.45, 7) is 1.56. The van der Waals surface area contributed by atoms with Crippen molar-refractivity contribution in [1.82, 2.24) is 9.21 Å². The van der Waals surface area contributed by atoms with E-state index >= 15 is 0 Å². The van der Waals surface area contributed by atoms with Crippen molar-refractivity contribution in [2.24, 2.45) is 0 Å². The Hall–Kier alpha value is -1.64. The molecule has 8 heteroatoms. The number of anilines is 1. The molecule has 1 fully saturated rings. The van der Waals surface area contributed by atoms with Crippen LogP contribution >= 0.6 is 0 Å². The third-order valence-electron chi connectivity index (χ3n) is 3.49. The Bertz CT molecular complexity index is 583. The molecule has 0 atom stereocenters. The second-order valence-electron chi connectivity index (χ2n) is 4.99. The second-order valence-corrected chi connectivity index (χ2v) is 7.08. The number of ether oxygens (including phenoxy) is 1. The summed E-state index contributed by atoms with van der Waals surface area (Å²) in [5.41, 5.74) is 0.725. The van der Waals surface area contributed by atoms with Gasteiger partial charge >= 0.3 is 6.03 Å². The van der Waals surface area contributed by atoms with Gasteiger partial charge in [0.2, 0.25) is 10.0 Å². The summed E-state index contributed by atoms with van der Waals surface area (Å²) >= 11 is 0. The number of amides is 2. The first-order chi connectivity index (χ1) is 10.5. The van der Waals surface area contributed by atoms with E-state index in [1.807, 2.05) is 30.3 Å². The van der Waals surface area contributed by atoms with Crippen molar-refractivity contribution in [3.05, 3.63) is 30.3 Å². The fourth-order valence-corrected chi connectivity index (χ4v) is 3.57. The van der Waals surface area contributed by atoms with Gasteiger partial charge in [-0.3, -0.25) is 0 Å². The van der Waals surface area contributed by atoms with Gasteiger partial charge in [0.15, 0.2) is 0 Å². The Morgan fingerprint density at radius 3 is 2.41 bits per heavy atom. The van der Waals surface area contributed by atoms with Crippen molar-refractivity contribution < 1.29 is 17.9 Å². The highest BCUT2D eigenvalue weighted by atomic mass is 32.2. The first-order valence-corrected chi connectivity index (χ1v) is 8.71. The molecule has 0 saturated carbocycles. The number of methoxy groups -OCH3 is 1. The van der Waals surface area contributed by atoms with Crippen LogP contribution in [0, 0.1) is 0 Å².